The Labute approximate surface area is 116 Å². The van der Waals surface area contributed by atoms with Crippen LogP contribution in [0.3, 0.4) is 0 Å². The van der Waals surface area contributed by atoms with E-state index in [-0.39, 0.29) is 4.83 Å². The van der Waals surface area contributed by atoms with E-state index < -0.39 is 0 Å². The third-order valence-electron chi connectivity index (χ3n) is 2.08. The number of halogens is 4. The molecule has 2 aromatic rings. The lowest BCUT2D eigenvalue weighted by Crippen LogP contribution is -1.91. The van der Waals surface area contributed by atoms with Crippen molar-refractivity contribution in [2.24, 2.45) is 0 Å². The van der Waals surface area contributed by atoms with Crippen molar-refractivity contribution >= 4 is 50.7 Å². The second-order valence-corrected chi connectivity index (χ2v) is 5.30. The summed E-state index contributed by atoms with van der Waals surface area (Å²) in [7, 11) is 0. The summed E-state index contributed by atoms with van der Waals surface area (Å²) in [6.07, 6.45) is 0. The molecule has 1 unspecified atom stereocenters. The summed E-state index contributed by atoms with van der Waals surface area (Å²) in [6.45, 7) is 0. The summed E-state index contributed by atoms with van der Waals surface area (Å²) in [4.78, 5) is -0.134. The highest BCUT2D eigenvalue weighted by Gasteiger charge is 2.17. The van der Waals surface area contributed by atoms with Gasteiger partial charge >= 0.3 is 0 Å². The summed E-state index contributed by atoms with van der Waals surface area (Å²) in [5.74, 6) is 0.703. The van der Waals surface area contributed by atoms with Gasteiger partial charge in [0.05, 0.1) is 4.83 Å². The molecule has 0 N–H and O–H groups in total. The van der Waals surface area contributed by atoms with E-state index in [9.17, 15) is 0 Å². The lowest BCUT2D eigenvalue weighted by molar-refractivity contribution is 0.521. The number of furan rings is 1. The van der Waals surface area contributed by atoms with E-state index in [0.29, 0.717) is 21.0 Å². The van der Waals surface area contributed by atoms with E-state index in [1.54, 1.807) is 24.3 Å². The average molecular weight is 340 g/mol. The summed E-state index contributed by atoms with van der Waals surface area (Å²) in [5, 5.41) is 1.54. The first-order valence-corrected chi connectivity index (χ1v) is 6.47. The van der Waals surface area contributed by atoms with Crippen molar-refractivity contribution in [2.75, 3.05) is 0 Å². The Morgan fingerprint density at radius 2 is 1.81 bits per heavy atom. The zero-order valence-corrected chi connectivity index (χ0v) is 11.7. The molecule has 0 aliphatic rings. The molecule has 0 aliphatic carbocycles. The first-order chi connectivity index (χ1) is 7.58. The van der Waals surface area contributed by atoms with Gasteiger partial charge in [-0.05, 0) is 41.4 Å². The molecule has 5 heteroatoms. The van der Waals surface area contributed by atoms with Crippen molar-refractivity contribution in [3.63, 3.8) is 0 Å². The number of alkyl halides is 1. The van der Waals surface area contributed by atoms with Gasteiger partial charge in [-0.15, -0.1) is 0 Å². The van der Waals surface area contributed by atoms with Crippen LogP contribution in [0.5, 0.6) is 0 Å². The summed E-state index contributed by atoms with van der Waals surface area (Å²) in [5.41, 5.74) is 0.886. The van der Waals surface area contributed by atoms with E-state index in [4.69, 9.17) is 39.2 Å². The number of rotatable bonds is 2. The normalized spacial score (nSPS) is 12.8. The van der Waals surface area contributed by atoms with Crippen LogP contribution in [-0.4, -0.2) is 0 Å². The van der Waals surface area contributed by atoms with Crippen molar-refractivity contribution in [2.45, 2.75) is 4.83 Å². The van der Waals surface area contributed by atoms with Crippen LogP contribution in [0.15, 0.2) is 34.7 Å². The summed E-state index contributed by atoms with van der Waals surface area (Å²) < 4.78 is 5.31. The second kappa shape index (κ2) is 5.01. The first kappa shape index (κ1) is 12.3. The Kier molecular flexibility index (Phi) is 3.85. The molecule has 0 saturated heterocycles. The quantitative estimate of drug-likeness (QED) is 0.637. The minimum atomic E-state index is -0.134. The van der Waals surface area contributed by atoms with Gasteiger partial charge in [0.1, 0.15) is 5.76 Å². The second-order valence-electron chi connectivity index (χ2n) is 3.17. The third-order valence-corrected chi connectivity index (χ3v) is 3.79. The molecule has 16 heavy (non-hydrogen) atoms. The molecule has 0 amide bonds. The van der Waals surface area contributed by atoms with E-state index in [0.717, 1.165) is 5.56 Å². The first-order valence-electron chi connectivity index (χ1n) is 4.42. The van der Waals surface area contributed by atoms with Crippen LogP contribution in [0.25, 0.3) is 0 Å². The Morgan fingerprint density at radius 1 is 1.06 bits per heavy atom. The predicted molar refractivity (Wildman–Crippen MR) is 71.0 cm³/mol. The molecular formula is C11H6BrCl3O. The Hall–Kier alpha value is -0.150. The van der Waals surface area contributed by atoms with Gasteiger partial charge in [-0.1, -0.05) is 45.2 Å². The topological polar surface area (TPSA) is 13.1 Å². The van der Waals surface area contributed by atoms with Crippen LogP contribution in [-0.2, 0) is 0 Å². The van der Waals surface area contributed by atoms with Gasteiger partial charge in [0, 0.05) is 10.0 Å². The Bertz CT molecular complexity index is 510. The minimum Gasteiger partial charge on any atom is -0.448 e. The van der Waals surface area contributed by atoms with Gasteiger partial charge in [-0.25, -0.2) is 0 Å². The van der Waals surface area contributed by atoms with Crippen LogP contribution >= 0.6 is 50.7 Å². The maximum atomic E-state index is 6.09. The molecule has 1 aromatic heterocycles. The van der Waals surface area contributed by atoms with Crippen LogP contribution < -0.4 is 0 Å². The SMILES string of the molecule is Clc1ccc(C(Br)c2ccc(Cl)o2)c(Cl)c1. The standard InChI is InChI=1S/C11H6BrCl3O/c12-11(9-3-4-10(15)16-9)7-2-1-6(13)5-8(7)14/h1-5,11H. The van der Waals surface area contributed by atoms with Crippen molar-refractivity contribution in [1.82, 2.24) is 0 Å². The van der Waals surface area contributed by atoms with E-state index in [1.165, 1.54) is 0 Å². The molecular weight excluding hydrogens is 334 g/mol. The van der Waals surface area contributed by atoms with E-state index in [1.807, 2.05) is 6.07 Å². The van der Waals surface area contributed by atoms with Crippen molar-refractivity contribution < 1.29 is 4.42 Å². The molecule has 0 saturated carbocycles. The molecule has 1 aromatic carbocycles. The molecule has 0 spiro atoms. The highest BCUT2D eigenvalue weighted by atomic mass is 79.9. The lowest BCUT2D eigenvalue weighted by Gasteiger charge is -2.09. The third kappa shape index (κ3) is 2.57. The molecule has 2 rings (SSSR count). The largest absolute Gasteiger partial charge is 0.448 e. The average Bonchev–Trinajstić information content (AvgIpc) is 2.64. The van der Waals surface area contributed by atoms with Crippen LogP contribution in [0.1, 0.15) is 16.2 Å². The van der Waals surface area contributed by atoms with Crippen LogP contribution in [0.2, 0.25) is 15.3 Å². The molecule has 84 valence electrons. The van der Waals surface area contributed by atoms with E-state index in [2.05, 4.69) is 15.9 Å². The van der Waals surface area contributed by atoms with Gasteiger partial charge in [0.2, 0.25) is 0 Å². The van der Waals surface area contributed by atoms with E-state index >= 15 is 0 Å². The van der Waals surface area contributed by atoms with Gasteiger partial charge in [0.15, 0.2) is 5.22 Å². The van der Waals surface area contributed by atoms with Crippen LogP contribution in [0.4, 0.5) is 0 Å². The highest BCUT2D eigenvalue weighted by molar-refractivity contribution is 9.09. The fraction of sp³-hybridized carbons (Fsp3) is 0.0909. The molecule has 0 radical (unpaired) electrons. The van der Waals surface area contributed by atoms with Gasteiger partial charge in [-0.3, -0.25) is 0 Å². The minimum absolute atomic E-state index is 0.134. The Balaban J connectivity index is 2.37. The summed E-state index contributed by atoms with van der Waals surface area (Å²) in [6, 6.07) is 8.81. The lowest BCUT2D eigenvalue weighted by atomic mass is 10.1. The smallest absolute Gasteiger partial charge is 0.193 e. The predicted octanol–water partition coefficient (Wildman–Crippen LogP) is 5.72. The molecule has 1 nitrogen and oxygen atoms in total. The van der Waals surface area contributed by atoms with Gasteiger partial charge in [0.25, 0.3) is 0 Å². The number of hydrogen-bond acceptors (Lipinski definition) is 1. The molecule has 0 bridgehead atoms. The fourth-order valence-corrected chi connectivity index (χ4v) is 2.77. The number of hydrogen-bond donors (Lipinski definition) is 0. The molecule has 1 heterocycles. The zero-order chi connectivity index (χ0) is 11.7. The molecule has 0 aliphatic heterocycles. The van der Waals surface area contributed by atoms with Gasteiger partial charge < -0.3 is 4.42 Å². The molecule has 0 fully saturated rings. The highest BCUT2D eigenvalue weighted by Crippen LogP contribution is 2.37. The number of benzene rings is 1. The Morgan fingerprint density at radius 3 is 2.38 bits per heavy atom. The zero-order valence-electron chi connectivity index (χ0n) is 7.88. The maximum absolute atomic E-state index is 6.09. The monoisotopic (exact) mass is 338 g/mol. The molecule has 1 atom stereocenters. The van der Waals surface area contributed by atoms with Gasteiger partial charge in [-0.2, -0.15) is 0 Å². The fourth-order valence-electron chi connectivity index (χ4n) is 1.32. The van der Waals surface area contributed by atoms with Crippen molar-refractivity contribution in [3.05, 3.63) is 56.9 Å². The van der Waals surface area contributed by atoms with Crippen molar-refractivity contribution in [1.29, 1.82) is 0 Å². The van der Waals surface area contributed by atoms with Crippen LogP contribution in [0, 0.1) is 0 Å². The van der Waals surface area contributed by atoms with Crippen molar-refractivity contribution in [3.8, 4) is 0 Å². The summed E-state index contributed by atoms with van der Waals surface area (Å²) >= 11 is 21.1. The maximum Gasteiger partial charge on any atom is 0.193 e.